The van der Waals surface area contributed by atoms with Gasteiger partial charge < -0.3 is 4.42 Å². The molecule has 0 fully saturated rings. The molecule has 1 heteroatoms. The van der Waals surface area contributed by atoms with Crippen molar-refractivity contribution in [2.24, 2.45) is 0 Å². The predicted molar refractivity (Wildman–Crippen MR) is 188 cm³/mol. The maximum absolute atomic E-state index is 6.49. The molecule has 0 bridgehead atoms. The maximum atomic E-state index is 6.49. The summed E-state index contributed by atoms with van der Waals surface area (Å²) in [6.07, 6.45) is 1.89. The second kappa shape index (κ2) is 10.6. The van der Waals surface area contributed by atoms with Crippen molar-refractivity contribution in [1.82, 2.24) is 0 Å². The number of furan rings is 1. The SMILES string of the molecule is C=Cc1ccccc1-c1oc2ccc(-c3c4ccccc4c(-c4ccccc4)c4cc(-c5ccccc5)ccc34)cc2c1C. The lowest BCUT2D eigenvalue weighted by molar-refractivity contribution is 0.629. The molecule has 0 saturated carbocycles. The molecule has 0 radical (unpaired) electrons. The quantitative estimate of drug-likeness (QED) is 0.190. The summed E-state index contributed by atoms with van der Waals surface area (Å²) in [5.74, 6) is 0.897. The first-order chi connectivity index (χ1) is 21.7. The van der Waals surface area contributed by atoms with Crippen LogP contribution in [0.15, 0.2) is 157 Å². The zero-order valence-corrected chi connectivity index (χ0v) is 24.5. The summed E-state index contributed by atoms with van der Waals surface area (Å²) in [6.45, 7) is 6.18. The van der Waals surface area contributed by atoms with Gasteiger partial charge in [-0.2, -0.15) is 0 Å². The Hall–Kier alpha value is -5.66. The summed E-state index contributed by atoms with van der Waals surface area (Å²) in [6, 6.07) is 52.1. The van der Waals surface area contributed by atoms with E-state index in [0.717, 1.165) is 33.4 Å². The van der Waals surface area contributed by atoms with E-state index in [1.165, 1.54) is 54.9 Å². The molecule has 208 valence electrons. The Morgan fingerprint density at radius 2 is 1.05 bits per heavy atom. The zero-order chi connectivity index (χ0) is 29.6. The van der Waals surface area contributed by atoms with Gasteiger partial charge in [-0.05, 0) is 85.6 Å². The average Bonchev–Trinajstić information content (AvgIpc) is 3.42. The van der Waals surface area contributed by atoms with Gasteiger partial charge in [-0.3, -0.25) is 0 Å². The Kier molecular flexibility index (Phi) is 6.24. The zero-order valence-electron chi connectivity index (χ0n) is 24.5. The maximum Gasteiger partial charge on any atom is 0.138 e. The third-order valence-corrected chi connectivity index (χ3v) is 8.84. The summed E-state index contributed by atoms with van der Waals surface area (Å²) in [7, 11) is 0. The normalized spacial score (nSPS) is 11.4. The third kappa shape index (κ3) is 4.17. The first-order valence-electron chi connectivity index (χ1n) is 15.1. The molecule has 0 aliphatic heterocycles. The van der Waals surface area contributed by atoms with Crippen molar-refractivity contribution in [3.8, 4) is 44.7 Å². The molecule has 1 nitrogen and oxygen atoms in total. The largest absolute Gasteiger partial charge is 0.456 e. The van der Waals surface area contributed by atoms with Crippen LogP contribution in [-0.2, 0) is 0 Å². The Bertz CT molecular complexity index is 2340. The Labute approximate surface area is 257 Å². The van der Waals surface area contributed by atoms with Crippen LogP contribution in [0.3, 0.4) is 0 Å². The van der Waals surface area contributed by atoms with E-state index in [4.69, 9.17) is 4.42 Å². The van der Waals surface area contributed by atoms with E-state index in [2.05, 4.69) is 153 Å². The summed E-state index contributed by atoms with van der Waals surface area (Å²) in [4.78, 5) is 0. The number of benzene rings is 7. The van der Waals surface area contributed by atoms with Crippen molar-refractivity contribution in [3.63, 3.8) is 0 Å². The minimum absolute atomic E-state index is 0.890. The second-order valence-corrected chi connectivity index (χ2v) is 11.3. The molecular weight excluding hydrogens is 532 g/mol. The van der Waals surface area contributed by atoms with Crippen molar-refractivity contribution in [1.29, 1.82) is 0 Å². The van der Waals surface area contributed by atoms with Gasteiger partial charge in [0.2, 0.25) is 0 Å². The number of aryl methyl sites for hydroxylation is 1. The minimum atomic E-state index is 0.890. The fourth-order valence-corrected chi connectivity index (χ4v) is 6.73. The van der Waals surface area contributed by atoms with Gasteiger partial charge in [0.05, 0.1) is 0 Å². The van der Waals surface area contributed by atoms with Crippen LogP contribution in [-0.4, -0.2) is 0 Å². The van der Waals surface area contributed by atoms with Crippen molar-refractivity contribution in [2.45, 2.75) is 6.92 Å². The molecule has 1 aromatic heterocycles. The molecule has 1 heterocycles. The molecule has 0 aliphatic carbocycles. The molecule has 0 spiro atoms. The molecule has 0 N–H and O–H groups in total. The van der Waals surface area contributed by atoms with E-state index in [0.29, 0.717) is 0 Å². The lowest BCUT2D eigenvalue weighted by Gasteiger charge is -2.19. The van der Waals surface area contributed by atoms with E-state index in [1.807, 2.05) is 12.1 Å². The van der Waals surface area contributed by atoms with Gasteiger partial charge in [-0.1, -0.05) is 140 Å². The van der Waals surface area contributed by atoms with E-state index >= 15 is 0 Å². The monoisotopic (exact) mass is 562 g/mol. The number of rotatable bonds is 5. The van der Waals surface area contributed by atoms with Gasteiger partial charge in [0.1, 0.15) is 11.3 Å². The Morgan fingerprint density at radius 1 is 0.477 bits per heavy atom. The predicted octanol–water partition coefficient (Wildman–Crippen LogP) is 12.4. The second-order valence-electron chi connectivity index (χ2n) is 11.3. The van der Waals surface area contributed by atoms with Crippen LogP contribution in [0.25, 0.3) is 83.3 Å². The van der Waals surface area contributed by atoms with Gasteiger partial charge in [0.25, 0.3) is 0 Å². The molecule has 44 heavy (non-hydrogen) atoms. The standard InChI is InChI=1S/C43H30O/c1-3-29-14-10-11-19-34(29)43-28(2)38-27-33(23-25-40(38)44-43)42-36-21-13-12-20-35(36)41(31-17-8-5-9-18-31)39-26-32(22-24-37(39)42)30-15-6-4-7-16-30/h3-27H,1H2,2H3. The smallest absolute Gasteiger partial charge is 0.138 e. The Morgan fingerprint density at radius 3 is 1.77 bits per heavy atom. The highest BCUT2D eigenvalue weighted by Gasteiger charge is 2.20. The number of hydrogen-bond donors (Lipinski definition) is 0. The summed E-state index contributed by atoms with van der Waals surface area (Å²) in [5, 5.41) is 6.09. The average molecular weight is 563 g/mol. The lowest BCUT2D eigenvalue weighted by atomic mass is 9.84. The van der Waals surface area contributed by atoms with Crippen molar-refractivity contribution >= 4 is 38.6 Å². The van der Waals surface area contributed by atoms with E-state index in [1.54, 1.807) is 0 Å². The first kappa shape index (κ1) is 26.0. The van der Waals surface area contributed by atoms with E-state index in [9.17, 15) is 0 Å². The van der Waals surface area contributed by atoms with Gasteiger partial charge in [0, 0.05) is 16.5 Å². The fourth-order valence-electron chi connectivity index (χ4n) is 6.73. The molecule has 0 saturated heterocycles. The topological polar surface area (TPSA) is 13.1 Å². The van der Waals surface area contributed by atoms with Gasteiger partial charge >= 0.3 is 0 Å². The van der Waals surface area contributed by atoms with Crippen molar-refractivity contribution in [2.75, 3.05) is 0 Å². The number of fused-ring (bicyclic) bond motifs is 3. The van der Waals surface area contributed by atoms with Gasteiger partial charge in [-0.25, -0.2) is 0 Å². The lowest BCUT2D eigenvalue weighted by Crippen LogP contribution is -1.91. The molecular formula is C43H30O. The van der Waals surface area contributed by atoms with Crippen LogP contribution < -0.4 is 0 Å². The molecule has 8 rings (SSSR count). The van der Waals surface area contributed by atoms with Crippen LogP contribution in [0.2, 0.25) is 0 Å². The third-order valence-electron chi connectivity index (χ3n) is 8.84. The van der Waals surface area contributed by atoms with Crippen LogP contribution in [0.4, 0.5) is 0 Å². The summed E-state index contributed by atoms with van der Waals surface area (Å²) < 4.78 is 6.49. The van der Waals surface area contributed by atoms with Crippen LogP contribution in [0, 0.1) is 6.92 Å². The Balaban J connectivity index is 1.43. The molecule has 0 aliphatic rings. The molecule has 0 amide bonds. The highest BCUT2D eigenvalue weighted by Crippen LogP contribution is 2.46. The van der Waals surface area contributed by atoms with Crippen molar-refractivity contribution in [3.05, 3.63) is 163 Å². The van der Waals surface area contributed by atoms with Gasteiger partial charge in [0.15, 0.2) is 0 Å². The number of hydrogen-bond acceptors (Lipinski definition) is 1. The van der Waals surface area contributed by atoms with Crippen molar-refractivity contribution < 1.29 is 4.42 Å². The van der Waals surface area contributed by atoms with E-state index in [-0.39, 0.29) is 0 Å². The summed E-state index contributed by atoms with van der Waals surface area (Å²) >= 11 is 0. The molecule has 8 aromatic rings. The summed E-state index contributed by atoms with van der Waals surface area (Å²) in [5.41, 5.74) is 11.5. The molecule has 0 unspecified atom stereocenters. The highest BCUT2D eigenvalue weighted by atomic mass is 16.3. The van der Waals surface area contributed by atoms with E-state index < -0.39 is 0 Å². The van der Waals surface area contributed by atoms with Crippen LogP contribution in [0.5, 0.6) is 0 Å². The minimum Gasteiger partial charge on any atom is -0.456 e. The molecule has 7 aromatic carbocycles. The fraction of sp³-hybridized carbons (Fsp3) is 0.0233. The van der Waals surface area contributed by atoms with Crippen LogP contribution in [0.1, 0.15) is 11.1 Å². The first-order valence-corrected chi connectivity index (χ1v) is 15.1. The highest BCUT2D eigenvalue weighted by molar-refractivity contribution is 6.22. The molecule has 0 atom stereocenters. The van der Waals surface area contributed by atoms with Gasteiger partial charge in [-0.15, -0.1) is 0 Å². The van der Waals surface area contributed by atoms with Crippen LogP contribution >= 0.6 is 0 Å².